The van der Waals surface area contributed by atoms with Gasteiger partial charge in [-0.2, -0.15) is 0 Å². The number of carbonyl (C=O) groups is 2. The molecular weight excluding hydrogens is 489 g/mol. The minimum absolute atomic E-state index is 0. The predicted octanol–water partition coefficient (Wildman–Crippen LogP) is 2.51. The monoisotopic (exact) mass is 507 g/mol. The Labute approximate surface area is 196 Å². The van der Waals surface area contributed by atoms with Crippen LogP contribution in [0.3, 0.4) is 0 Å². The second-order valence-electron chi connectivity index (χ2n) is 6.69. The number of nitrogens with one attached hydrogen (secondary N) is 1. The van der Waals surface area contributed by atoms with Gasteiger partial charge < -0.3 is 15.8 Å². The fraction of sp³-hybridized carbons (Fsp3) is 0.263. The van der Waals surface area contributed by atoms with E-state index in [2.05, 4.69) is 5.32 Å². The maximum Gasteiger partial charge on any atom is 0.267 e. The quantitative estimate of drug-likeness (QED) is 0.599. The van der Waals surface area contributed by atoms with Crippen molar-refractivity contribution >= 4 is 63.1 Å². The Morgan fingerprint density at radius 3 is 2.55 bits per heavy atom. The van der Waals surface area contributed by atoms with E-state index < -0.39 is 34.3 Å². The Bertz CT molecular complexity index is 1110. The van der Waals surface area contributed by atoms with E-state index >= 15 is 0 Å². The fourth-order valence-corrected chi connectivity index (χ4v) is 4.89. The van der Waals surface area contributed by atoms with Crippen molar-refractivity contribution in [1.82, 2.24) is 9.62 Å². The molecule has 12 heteroatoms. The number of sulfonamides is 1. The normalized spacial score (nSPS) is 16.9. The smallest absolute Gasteiger partial charge is 0.267 e. The van der Waals surface area contributed by atoms with Crippen LogP contribution in [-0.4, -0.2) is 44.7 Å². The molecule has 1 atom stereocenters. The summed E-state index contributed by atoms with van der Waals surface area (Å²) in [7, 11) is -2.85. The lowest BCUT2D eigenvalue weighted by Gasteiger charge is -2.23. The number of nitrogen functional groups attached to an aromatic ring is 1. The van der Waals surface area contributed by atoms with Crippen LogP contribution in [0.1, 0.15) is 5.56 Å². The van der Waals surface area contributed by atoms with Gasteiger partial charge in [-0.3, -0.25) is 9.59 Å². The molecule has 1 unspecified atom stereocenters. The van der Waals surface area contributed by atoms with Gasteiger partial charge in [0.2, 0.25) is 11.8 Å². The van der Waals surface area contributed by atoms with Gasteiger partial charge in [0.15, 0.2) is 0 Å². The predicted molar refractivity (Wildman–Crippen MR) is 120 cm³/mol. The molecule has 0 aromatic heterocycles. The zero-order chi connectivity index (χ0) is 22.1. The highest BCUT2D eigenvalue weighted by molar-refractivity contribution is 7.89. The first-order valence-corrected chi connectivity index (χ1v) is 11.0. The third kappa shape index (κ3) is 5.35. The van der Waals surface area contributed by atoms with Crippen molar-refractivity contribution in [3.63, 3.8) is 0 Å². The lowest BCUT2D eigenvalue weighted by molar-refractivity contribution is -0.131. The number of hydrogen-bond acceptors (Lipinski definition) is 6. The van der Waals surface area contributed by atoms with Crippen molar-refractivity contribution in [3.8, 4) is 5.75 Å². The summed E-state index contributed by atoms with van der Waals surface area (Å²) in [5, 5.41) is 3.21. The van der Waals surface area contributed by atoms with E-state index in [1.54, 1.807) is 18.2 Å². The molecule has 2 amide bonds. The summed E-state index contributed by atoms with van der Waals surface area (Å²) in [4.78, 5) is 25.1. The molecule has 8 nitrogen and oxygen atoms in total. The molecule has 0 bridgehead atoms. The average molecular weight is 509 g/mol. The van der Waals surface area contributed by atoms with Gasteiger partial charge in [-0.15, -0.1) is 12.4 Å². The maximum atomic E-state index is 13.2. The van der Waals surface area contributed by atoms with Crippen LogP contribution in [-0.2, 0) is 26.0 Å². The molecule has 2 aromatic rings. The van der Waals surface area contributed by atoms with Crippen molar-refractivity contribution in [3.05, 3.63) is 52.0 Å². The molecule has 1 heterocycles. The summed E-state index contributed by atoms with van der Waals surface area (Å²) in [6.45, 7) is -0.658. The molecule has 31 heavy (non-hydrogen) atoms. The van der Waals surface area contributed by atoms with Crippen LogP contribution in [0.4, 0.5) is 5.69 Å². The molecule has 3 N–H and O–H groups in total. The fourth-order valence-electron chi connectivity index (χ4n) is 3.14. The molecule has 1 aliphatic heterocycles. The maximum absolute atomic E-state index is 13.2. The van der Waals surface area contributed by atoms with Crippen molar-refractivity contribution in [2.24, 2.45) is 5.92 Å². The van der Waals surface area contributed by atoms with Gasteiger partial charge in [0.1, 0.15) is 12.3 Å². The molecule has 0 spiro atoms. The standard InChI is InChI=1S/C19H19Cl2N3O5S.ClH/c1-29-17-5-2-13(20)7-11(17)6-12-9-23-18(25)10-24(19(12)26)30(27,28)14-3-4-15(21)16(22)8-14;/h2-5,7-8,12H,6,9-10,22H2,1H3,(H,23,25);1H. The van der Waals surface area contributed by atoms with E-state index in [0.29, 0.717) is 20.6 Å². The molecule has 2 aromatic carbocycles. The lowest BCUT2D eigenvalue weighted by atomic mass is 9.98. The molecule has 0 aliphatic carbocycles. The van der Waals surface area contributed by atoms with Gasteiger partial charge in [-0.05, 0) is 48.4 Å². The Morgan fingerprint density at radius 2 is 1.90 bits per heavy atom. The number of carbonyl (C=O) groups excluding carboxylic acids is 2. The van der Waals surface area contributed by atoms with Crippen LogP contribution in [0.5, 0.6) is 5.75 Å². The number of anilines is 1. The molecule has 3 rings (SSSR count). The van der Waals surface area contributed by atoms with Crippen molar-refractivity contribution in [2.75, 3.05) is 25.9 Å². The number of methoxy groups -OCH3 is 1. The van der Waals surface area contributed by atoms with E-state index in [1.807, 2.05) is 0 Å². The number of ether oxygens (including phenoxy) is 1. The number of amides is 2. The molecule has 0 saturated carbocycles. The molecule has 1 aliphatic rings. The van der Waals surface area contributed by atoms with E-state index in [0.717, 1.165) is 6.07 Å². The van der Waals surface area contributed by atoms with Gasteiger partial charge >= 0.3 is 0 Å². The van der Waals surface area contributed by atoms with Gasteiger partial charge in [-0.25, -0.2) is 12.7 Å². The molecular formula is C19H20Cl3N3O5S. The van der Waals surface area contributed by atoms with E-state index in [1.165, 1.54) is 19.2 Å². The highest BCUT2D eigenvalue weighted by Crippen LogP contribution is 2.29. The van der Waals surface area contributed by atoms with Crippen molar-refractivity contribution in [2.45, 2.75) is 11.3 Å². The summed E-state index contributed by atoms with van der Waals surface area (Å²) >= 11 is 11.9. The highest BCUT2D eigenvalue weighted by Gasteiger charge is 2.38. The van der Waals surface area contributed by atoms with Crippen molar-refractivity contribution in [1.29, 1.82) is 0 Å². The van der Waals surface area contributed by atoms with Crippen LogP contribution < -0.4 is 15.8 Å². The lowest BCUT2D eigenvalue weighted by Crippen LogP contribution is -2.42. The zero-order valence-electron chi connectivity index (χ0n) is 16.3. The highest BCUT2D eigenvalue weighted by atomic mass is 35.5. The Morgan fingerprint density at radius 1 is 1.19 bits per heavy atom. The summed E-state index contributed by atoms with van der Waals surface area (Å²) in [5.74, 6) is -1.65. The van der Waals surface area contributed by atoms with Crippen molar-refractivity contribution < 1.29 is 22.7 Å². The number of benzene rings is 2. The first kappa shape index (κ1) is 25.1. The van der Waals surface area contributed by atoms with E-state index in [9.17, 15) is 18.0 Å². The minimum Gasteiger partial charge on any atom is -0.496 e. The SMILES string of the molecule is COc1ccc(Cl)cc1CC1CNC(=O)CN(S(=O)(=O)c2ccc(Cl)c(N)c2)C1=O.Cl. The molecule has 0 radical (unpaired) electrons. The molecule has 1 saturated heterocycles. The van der Waals surface area contributed by atoms with Gasteiger partial charge in [0, 0.05) is 11.6 Å². The number of nitrogens with zero attached hydrogens (tertiary/aromatic N) is 1. The second-order valence-corrected chi connectivity index (χ2v) is 9.40. The summed E-state index contributed by atoms with van der Waals surface area (Å²) < 4.78 is 32.1. The van der Waals surface area contributed by atoms with Gasteiger partial charge in [-0.1, -0.05) is 23.2 Å². The number of rotatable bonds is 5. The van der Waals surface area contributed by atoms with Crippen LogP contribution in [0.25, 0.3) is 0 Å². The van der Waals surface area contributed by atoms with Crippen LogP contribution >= 0.6 is 35.6 Å². The van der Waals surface area contributed by atoms with Crippen LogP contribution in [0.2, 0.25) is 10.0 Å². The third-order valence-electron chi connectivity index (χ3n) is 4.69. The Balaban J connectivity index is 0.00000341. The van der Waals surface area contributed by atoms with E-state index in [4.69, 9.17) is 33.7 Å². The van der Waals surface area contributed by atoms with Gasteiger partial charge in [0.05, 0.1) is 28.6 Å². The second kappa shape index (κ2) is 9.95. The third-order valence-corrected chi connectivity index (χ3v) is 7.01. The average Bonchev–Trinajstić information content (AvgIpc) is 2.84. The summed E-state index contributed by atoms with van der Waals surface area (Å²) in [5.41, 5.74) is 6.37. The molecule has 168 valence electrons. The Kier molecular flexibility index (Phi) is 8.04. The van der Waals surface area contributed by atoms with Crippen LogP contribution in [0.15, 0.2) is 41.3 Å². The number of nitrogens with two attached hydrogens (primary N) is 1. The number of hydrogen-bond donors (Lipinski definition) is 2. The zero-order valence-corrected chi connectivity index (χ0v) is 19.4. The topological polar surface area (TPSA) is 119 Å². The minimum atomic E-state index is -4.33. The van der Waals surface area contributed by atoms with Gasteiger partial charge in [0.25, 0.3) is 10.0 Å². The summed E-state index contributed by atoms with van der Waals surface area (Å²) in [6.07, 6.45) is 0.123. The summed E-state index contributed by atoms with van der Waals surface area (Å²) in [6, 6.07) is 8.64. The molecule has 1 fully saturated rings. The first-order chi connectivity index (χ1) is 14.1. The first-order valence-electron chi connectivity index (χ1n) is 8.84. The van der Waals surface area contributed by atoms with Crippen LogP contribution in [0, 0.1) is 5.92 Å². The number of halogens is 3. The largest absolute Gasteiger partial charge is 0.496 e. The Hall–Kier alpha value is -2.20. The van der Waals surface area contributed by atoms with E-state index in [-0.39, 0.29) is 41.0 Å².